The minimum Gasteiger partial charge on any atom is -0.459 e. The summed E-state index contributed by atoms with van der Waals surface area (Å²) in [6.07, 6.45) is -5.59. The van der Waals surface area contributed by atoms with Gasteiger partial charge in [0, 0.05) is 5.56 Å². The van der Waals surface area contributed by atoms with Crippen LogP contribution in [0.4, 0.5) is 4.39 Å². The summed E-state index contributed by atoms with van der Waals surface area (Å²) in [4.78, 5) is 37.8. The number of ether oxygens (including phenoxy) is 3. The Balaban J connectivity index is 1.57. The first-order valence-corrected chi connectivity index (χ1v) is 10.5. The zero-order chi connectivity index (χ0) is 24.1. The van der Waals surface area contributed by atoms with E-state index in [2.05, 4.69) is 0 Å². The Bertz CT molecular complexity index is 1150. The molecule has 4 rings (SSSR count). The average molecular weight is 464 g/mol. The maximum Gasteiger partial charge on any atom is 0.338 e. The maximum atomic E-state index is 15.5. The number of ketones is 1. The molecule has 3 aromatic carbocycles. The molecule has 4 atom stereocenters. The lowest BCUT2D eigenvalue weighted by Crippen LogP contribution is -2.48. The molecule has 1 saturated heterocycles. The molecular formula is C26H21FO7. The van der Waals surface area contributed by atoms with Crippen molar-refractivity contribution in [3.63, 3.8) is 0 Å². The van der Waals surface area contributed by atoms with E-state index in [1.165, 1.54) is 36.4 Å². The minimum absolute atomic E-state index is 0.00252. The molecule has 1 aliphatic rings. The summed E-state index contributed by atoms with van der Waals surface area (Å²) in [5, 5.41) is 10.9. The van der Waals surface area contributed by atoms with E-state index >= 15 is 4.39 Å². The van der Waals surface area contributed by atoms with E-state index in [0.29, 0.717) is 0 Å². The first-order chi connectivity index (χ1) is 16.4. The Kier molecular flexibility index (Phi) is 6.81. The van der Waals surface area contributed by atoms with E-state index in [1.54, 1.807) is 54.6 Å². The topological polar surface area (TPSA) is 99.1 Å². The Hall–Kier alpha value is -3.88. The Morgan fingerprint density at radius 2 is 1.26 bits per heavy atom. The molecular weight excluding hydrogens is 443 g/mol. The third-order valence-electron chi connectivity index (χ3n) is 5.36. The molecule has 0 amide bonds. The number of rotatable bonds is 7. The van der Waals surface area contributed by atoms with Crippen LogP contribution < -0.4 is 0 Å². The highest BCUT2D eigenvalue weighted by Crippen LogP contribution is 2.37. The average Bonchev–Trinajstić information content (AvgIpc) is 3.13. The van der Waals surface area contributed by atoms with E-state index in [4.69, 9.17) is 14.2 Å². The number of carbonyl (C=O) groups excluding carboxylic acids is 3. The fourth-order valence-electron chi connectivity index (χ4n) is 3.59. The normalized spacial score (nSPS) is 23.8. The van der Waals surface area contributed by atoms with Gasteiger partial charge in [-0.15, -0.1) is 0 Å². The molecule has 0 spiro atoms. The number of aliphatic hydroxyl groups is 1. The summed E-state index contributed by atoms with van der Waals surface area (Å²) >= 11 is 0. The number of hydrogen-bond acceptors (Lipinski definition) is 7. The van der Waals surface area contributed by atoms with Crippen molar-refractivity contribution in [3.8, 4) is 0 Å². The summed E-state index contributed by atoms with van der Waals surface area (Å²) in [5.74, 6) is -5.59. The number of esters is 2. The number of hydrogen-bond donors (Lipinski definition) is 1. The predicted octanol–water partition coefficient (Wildman–Crippen LogP) is 3.38. The van der Waals surface area contributed by atoms with Crippen LogP contribution in [0.2, 0.25) is 0 Å². The zero-order valence-corrected chi connectivity index (χ0v) is 17.9. The molecule has 0 aliphatic carbocycles. The molecule has 0 aromatic heterocycles. The monoisotopic (exact) mass is 464 g/mol. The van der Waals surface area contributed by atoms with Gasteiger partial charge in [-0.2, -0.15) is 0 Å². The highest BCUT2D eigenvalue weighted by molar-refractivity contribution is 6.02. The van der Waals surface area contributed by atoms with Crippen molar-refractivity contribution in [2.45, 2.75) is 24.2 Å². The van der Waals surface area contributed by atoms with Crippen molar-refractivity contribution < 1.29 is 38.1 Å². The highest BCUT2D eigenvalue weighted by Gasteiger charge is 2.62. The lowest BCUT2D eigenvalue weighted by molar-refractivity contribution is -0.181. The molecule has 1 aliphatic heterocycles. The van der Waals surface area contributed by atoms with Crippen molar-refractivity contribution in [2.75, 3.05) is 6.61 Å². The van der Waals surface area contributed by atoms with Crippen molar-refractivity contribution in [3.05, 3.63) is 108 Å². The van der Waals surface area contributed by atoms with E-state index in [0.717, 1.165) is 0 Å². The fraction of sp³-hybridized carbons (Fsp3) is 0.192. The molecule has 3 aromatic rings. The Morgan fingerprint density at radius 3 is 1.79 bits per heavy atom. The molecule has 0 radical (unpaired) electrons. The molecule has 174 valence electrons. The largest absolute Gasteiger partial charge is 0.459 e. The molecule has 8 heteroatoms. The van der Waals surface area contributed by atoms with Crippen LogP contribution in [0.3, 0.4) is 0 Å². The van der Waals surface area contributed by atoms with Crippen LogP contribution in [0.25, 0.3) is 0 Å². The van der Waals surface area contributed by atoms with Gasteiger partial charge in [0.2, 0.25) is 12.0 Å². The first kappa shape index (κ1) is 23.3. The van der Waals surface area contributed by atoms with Gasteiger partial charge in [-0.1, -0.05) is 66.7 Å². The third-order valence-corrected chi connectivity index (χ3v) is 5.36. The van der Waals surface area contributed by atoms with Gasteiger partial charge in [0.1, 0.15) is 12.7 Å². The van der Waals surface area contributed by atoms with Crippen molar-refractivity contribution >= 4 is 17.7 Å². The van der Waals surface area contributed by atoms with Gasteiger partial charge in [0.05, 0.1) is 11.1 Å². The number of alkyl halides is 1. The van der Waals surface area contributed by atoms with Crippen LogP contribution in [-0.2, 0) is 14.2 Å². The molecule has 0 bridgehead atoms. The number of carbonyl (C=O) groups is 3. The van der Waals surface area contributed by atoms with Crippen molar-refractivity contribution in [1.29, 1.82) is 0 Å². The van der Waals surface area contributed by atoms with E-state index in [9.17, 15) is 19.5 Å². The smallest absolute Gasteiger partial charge is 0.338 e. The molecule has 1 N–H and O–H groups in total. The number of Topliss-reactive ketones (excluding diaryl/α,β-unsaturated/α-hetero) is 1. The molecule has 0 saturated carbocycles. The van der Waals surface area contributed by atoms with Crippen LogP contribution in [0.1, 0.15) is 31.1 Å². The molecule has 7 nitrogen and oxygen atoms in total. The second kappa shape index (κ2) is 9.94. The van der Waals surface area contributed by atoms with Gasteiger partial charge < -0.3 is 19.3 Å². The lowest BCUT2D eigenvalue weighted by atomic mass is 9.97. The third kappa shape index (κ3) is 4.73. The molecule has 34 heavy (non-hydrogen) atoms. The molecule has 1 fully saturated rings. The Morgan fingerprint density at radius 1 is 0.794 bits per heavy atom. The zero-order valence-electron chi connectivity index (χ0n) is 17.9. The van der Waals surface area contributed by atoms with Crippen LogP contribution in [0.5, 0.6) is 0 Å². The number of benzene rings is 3. The molecule has 1 heterocycles. The first-order valence-electron chi connectivity index (χ1n) is 10.5. The summed E-state index contributed by atoms with van der Waals surface area (Å²) < 4.78 is 31.4. The van der Waals surface area contributed by atoms with Gasteiger partial charge in [-0.3, -0.25) is 4.79 Å². The number of halogens is 1. The van der Waals surface area contributed by atoms with Gasteiger partial charge in [-0.05, 0) is 24.3 Å². The van der Waals surface area contributed by atoms with Crippen molar-refractivity contribution in [1.82, 2.24) is 0 Å². The predicted molar refractivity (Wildman–Crippen MR) is 118 cm³/mol. The van der Waals surface area contributed by atoms with Crippen LogP contribution >= 0.6 is 0 Å². The fourth-order valence-corrected chi connectivity index (χ4v) is 3.59. The second-order valence-electron chi connectivity index (χ2n) is 7.65. The van der Waals surface area contributed by atoms with Gasteiger partial charge >= 0.3 is 11.9 Å². The second-order valence-corrected chi connectivity index (χ2v) is 7.65. The van der Waals surface area contributed by atoms with Crippen molar-refractivity contribution in [2.24, 2.45) is 0 Å². The Labute approximate surface area is 194 Å². The van der Waals surface area contributed by atoms with E-state index in [1.807, 2.05) is 0 Å². The van der Waals surface area contributed by atoms with E-state index in [-0.39, 0.29) is 16.7 Å². The summed E-state index contributed by atoms with van der Waals surface area (Å²) in [5.41, 5.74) is 0.382. The van der Waals surface area contributed by atoms with Gasteiger partial charge in [-0.25, -0.2) is 14.0 Å². The summed E-state index contributed by atoms with van der Waals surface area (Å²) in [6.45, 7) is -0.564. The van der Waals surface area contributed by atoms with Crippen LogP contribution in [0.15, 0.2) is 91.0 Å². The lowest BCUT2D eigenvalue weighted by Gasteiger charge is -2.23. The van der Waals surface area contributed by atoms with Crippen LogP contribution in [-0.4, -0.2) is 53.6 Å². The van der Waals surface area contributed by atoms with Gasteiger partial charge in [0.25, 0.3) is 5.79 Å². The minimum atomic E-state index is -2.94. The SMILES string of the molecule is O=C(OC[C@H]1OC(O)(C(=O)c2ccccc2)[C@@H](F)[C@@H]1OC(=O)c1ccccc1)c1ccccc1. The highest BCUT2D eigenvalue weighted by atomic mass is 19.1. The molecule has 1 unspecified atom stereocenters. The summed E-state index contributed by atoms with van der Waals surface area (Å²) in [6, 6.07) is 23.4. The quantitative estimate of drug-likeness (QED) is 0.423. The summed E-state index contributed by atoms with van der Waals surface area (Å²) in [7, 11) is 0. The van der Waals surface area contributed by atoms with Crippen LogP contribution in [0, 0.1) is 0 Å². The standard InChI is InChI=1S/C26H21FO7/c27-22-21(33-25(30)19-14-8-3-9-15-19)20(16-32-24(29)18-12-6-2-7-13-18)34-26(22,31)23(28)17-10-4-1-5-11-17/h1-15,20-22,31H,16H2/t20-,21-,22+,26?/m1/s1. The van der Waals surface area contributed by atoms with Gasteiger partial charge in [0.15, 0.2) is 6.10 Å². The maximum absolute atomic E-state index is 15.5. The van der Waals surface area contributed by atoms with E-state index < -0.39 is 48.5 Å².